The molecule has 5 nitrogen and oxygen atoms in total. The molecule has 1 aliphatic rings. The average molecular weight is 160 g/mol. The standard InChI is InChI=1S/C3H2N2O3.2Na/c6-1-2(7)5-3(8)4-1;;/h(H2,4,5,6,7,8);;/q;2*+1. The van der Waals surface area contributed by atoms with Crippen LogP contribution < -0.4 is 69.7 Å². The van der Waals surface area contributed by atoms with Crippen molar-refractivity contribution in [3.05, 3.63) is 0 Å². The van der Waals surface area contributed by atoms with Crippen LogP contribution in [0.1, 0.15) is 0 Å². The first kappa shape index (κ1) is 13.2. The van der Waals surface area contributed by atoms with Crippen molar-refractivity contribution in [2.24, 2.45) is 0 Å². The van der Waals surface area contributed by atoms with Gasteiger partial charge in [-0.25, -0.2) is 4.79 Å². The van der Waals surface area contributed by atoms with Crippen LogP contribution in [0.3, 0.4) is 0 Å². The number of hydrogen-bond donors (Lipinski definition) is 2. The molecule has 1 fully saturated rings. The molecule has 0 aliphatic carbocycles. The van der Waals surface area contributed by atoms with Crippen molar-refractivity contribution in [1.82, 2.24) is 10.6 Å². The molecule has 10 heavy (non-hydrogen) atoms. The first-order chi connectivity index (χ1) is 3.70. The zero-order chi connectivity index (χ0) is 6.15. The van der Waals surface area contributed by atoms with E-state index in [0.717, 1.165) is 0 Å². The van der Waals surface area contributed by atoms with Gasteiger partial charge in [0.2, 0.25) is 0 Å². The van der Waals surface area contributed by atoms with E-state index < -0.39 is 17.8 Å². The summed E-state index contributed by atoms with van der Waals surface area (Å²) < 4.78 is 0. The Hall–Kier alpha value is 0.610. The summed E-state index contributed by atoms with van der Waals surface area (Å²) in [6, 6.07) is -0.750. The maximum atomic E-state index is 10.0. The van der Waals surface area contributed by atoms with E-state index in [2.05, 4.69) is 0 Å². The monoisotopic (exact) mass is 160 g/mol. The second-order valence-corrected chi connectivity index (χ2v) is 1.24. The largest absolute Gasteiger partial charge is 1.00 e. The fourth-order valence-corrected chi connectivity index (χ4v) is 0.351. The van der Waals surface area contributed by atoms with Crippen LogP contribution in [-0.2, 0) is 9.59 Å². The van der Waals surface area contributed by atoms with E-state index in [1.54, 1.807) is 10.6 Å². The van der Waals surface area contributed by atoms with Gasteiger partial charge in [-0.1, -0.05) is 0 Å². The van der Waals surface area contributed by atoms with Gasteiger partial charge in [0.25, 0.3) is 0 Å². The third-order valence-electron chi connectivity index (χ3n) is 0.660. The fraction of sp³-hybridized carbons (Fsp3) is 0. The second kappa shape index (κ2) is 5.29. The van der Waals surface area contributed by atoms with Gasteiger partial charge in [-0.15, -0.1) is 0 Å². The quantitative estimate of drug-likeness (QED) is 0.210. The maximum Gasteiger partial charge on any atom is 1.00 e. The Kier molecular flexibility index (Phi) is 6.99. The molecular formula is C3H2N2Na2O3+2. The molecule has 2 N–H and O–H groups in total. The molecule has 0 atom stereocenters. The van der Waals surface area contributed by atoms with Crippen molar-refractivity contribution in [3.63, 3.8) is 0 Å². The Morgan fingerprint density at radius 3 is 1.20 bits per heavy atom. The van der Waals surface area contributed by atoms with Gasteiger partial charge < -0.3 is 0 Å². The molecule has 1 aliphatic heterocycles. The summed E-state index contributed by atoms with van der Waals surface area (Å²) in [5.41, 5.74) is 0. The van der Waals surface area contributed by atoms with Crippen molar-refractivity contribution in [2.45, 2.75) is 0 Å². The first-order valence-electron chi connectivity index (χ1n) is 1.86. The van der Waals surface area contributed by atoms with Crippen LogP contribution in [0.5, 0.6) is 0 Å². The third-order valence-corrected chi connectivity index (χ3v) is 0.660. The molecule has 0 bridgehead atoms. The molecule has 0 aromatic heterocycles. The molecule has 1 heterocycles. The number of carbonyl (C=O) groups is 3. The first-order valence-corrected chi connectivity index (χ1v) is 1.86. The van der Waals surface area contributed by atoms with Gasteiger partial charge in [0.15, 0.2) is 0 Å². The fourth-order valence-electron chi connectivity index (χ4n) is 0.351. The Morgan fingerprint density at radius 2 is 1.10 bits per heavy atom. The summed E-state index contributed by atoms with van der Waals surface area (Å²) in [6.07, 6.45) is 0. The molecular weight excluding hydrogens is 158 g/mol. The van der Waals surface area contributed by atoms with Crippen LogP contribution >= 0.6 is 0 Å². The van der Waals surface area contributed by atoms with Gasteiger partial charge in [-0.2, -0.15) is 0 Å². The van der Waals surface area contributed by atoms with Crippen LogP contribution in [0.15, 0.2) is 0 Å². The Balaban J connectivity index is 0. The molecule has 4 amide bonds. The summed E-state index contributed by atoms with van der Waals surface area (Å²) in [4.78, 5) is 30.1. The number of rotatable bonds is 0. The van der Waals surface area contributed by atoms with E-state index in [1.165, 1.54) is 0 Å². The molecule has 0 radical (unpaired) electrons. The van der Waals surface area contributed by atoms with Gasteiger partial charge in [0, 0.05) is 0 Å². The van der Waals surface area contributed by atoms with Gasteiger partial charge in [-0.05, 0) is 0 Å². The zero-order valence-electron chi connectivity index (χ0n) is 5.72. The summed E-state index contributed by atoms with van der Waals surface area (Å²) in [5, 5.41) is 3.46. The number of imide groups is 2. The average Bonchev–Trinajstić information content (AvgIpc) is 1.85. The number of amides is 4. The molecule has 0 unspecified atom stereocenters. The van der Waals surface area contributed by atoms with Gasteiger partial charge in [-0.3, -0.25) is 20.2 Å². The smallest absolute Gasteiger partial charge is 0.269 e. The summed E-state index contributed by atoms with van der Waals surface area (Å²) in [7, 11) is 0. The molecule has 0 saturated carbocycles. The van der Waals surface area contributed by atoms with Crippen molar-refractivity contribution < 1.29 is 73.5 Å². The Labute approximate surface area is 101 Å². The summed E-state index contributed by atoms with van der Waals surface area (Å²) in [5.74, 6) is -1.79. The van der Waals surface area contributed by atoms with Crippen molar-refractivity contribution in [1.29, 1.82) is 0 Å². The Bertz CT molecular complexity index is 163. The van der Waals surface area contributed by atoms with Crippen LogP contribution in [0, 0.1) is 0 Å². The minimum atomic E-state index is -0.894. The molecule has 1 saturated heterocycles. The van der Waals surface area contributed by atoms with Crippen LogP contribution in [0.4, 0.5) is 4.79 Å². The minimum Gasteiger partial charge on any atom is -0.269 e. The minimum absolute atomic E-state index is 0. The molecule has 0 spiro atoms. The number of urea groups is 1. The summed E-state index contributed by atoms with van der Waals surface area (Å²) in [6.45, 7) is 0. The van der Waals surface area contributed by atoms with Crippen LogP contribution in [0.25, 0.3) is 0 Å². The number of carbonyl (C=O) groups excluding carboxylic acids is 3. The molecule has 42 valence electrons. The van der Waals surface area contributed by atoms with E-state index in [9.17, 15) is 14.4 Å². The van der Waals surface area contributed by atoms with E-state index >= 15 is 0 Å². The van der Waals surface area contributed by atoms with Crippen molar-refractivity contribution >= 4 is 17.8 Å². The van der Waals surface area contributed by atoms with Crippen LogP contribution in [-0.4, -0.2) is 17.8 Å². The maximum absolute atomic E-state index is 10.0. The van der Waals surface area contributed by atoms with Gasteiger partial charge >= 0.3 is 77.0 Å². The second-order valence-electron chi connectivity index (χ2n) is 1.24. The molecule has 7 heteroatoms. The van der Waals surface area contributed by atoms with Crippen molar-refractivity contribution in [2.75, 3.05) is 0 Å². The predicted molar refractivity (Wildman–Crippen MR) is 21.7 cm³/mol. The summed E-state index contributed by atoms with van der Waals surface area (Å²) >= 11 is 0. The number of hydrogen-bond acceptors (Lipinski definition) is 3. The molecule has 0 aromatic rings. The molecule has 0 aromatic carbocycles. The van der Waals surface area contributed by atoms with E-state index in [0.29, 0.717) is 0 Å². The van der Waals surface area contributed by atoms with E-state index in [-0.39, 0.29) is 59.1 Å². The van der Waals surface area contributed by atoms with Gasteiger partial charge in [0.1, 0.15) is 0 Å². The number of nitrogens with one attached hydrogen (secondary N) is 2. The van der Waals surface area contributed by atoms with E-state index in [4.69, 9.17) is 0 Å². The van der Waals surface area contributed by atoms with Gasteiger partial charge in [0.05, 0.1) is 0 Å². The topological polar surface area (TPSA) is 75.3 Å². The molecule has 1 rings (SSSR count). The Morgan fingerprint density at radius 1 is 0.800 bits per heavy atom. The van der Waals surface area contributed by atoms with Crippen LogP contribution in [0.2, 0.25) is 0 Å². The SMILES string of the molecule is O=C1NC(=O)C(=O)N1.[Na+].[Na+]. The van der Waals surface area contributed by atoms with E-state index in [1.807, 2.05) is 0 Å². The third kappa shape index (κ3) is 3.14. The predicted octanol–water partition coefficient (Wildman–Crippen LogP) is -7.64. The van der Waals surface area contributed by atoms with Crippen molar-refractivity contribution in [3.8, 4) is 0 Å². The zero-order valence-corrected chi connectivity index (χ0v) is 9.72. The normalized spacial score (nSPS) is 14.6.